The highest BCUT2D eigenvalue weighted by molar-refractivity contribution is 5.83. The second-order valence-electron chi connectivity index (χ2n) is 4.66. The second kappa shape index (κ2) is 6.03. The maximum absolute atomic E-state index is 12.0. The van der Waals surface area contributed by atoms with E-state index in [4.69, 9.17) is 9.47 Å². The summed E-state index contributed by atoms with van der Waals surface area (Å²) in [7, 11) is 1.35. The average Bonchev–Trinajstić information content (AvgIpc) is 2.35. The van der Waals surface area contributed by atoms with Crippen LogP contribution in [0.4, 0.5) is 0 Å². The van der Waals surface area contributed by atoms with Gasteiger partial charge in [0.2, 0.25) is 5.60 Å². The summed E-state index contributed by atoms with van der Waals surface area (Å²) in [5.41, 5.74) is -1.07. The number of esters is 2. The molecule has 4 heteroatoms. The van der Waals surface area contributed by atoms with Gasteiger partial charge in [-0.05, 0) is 19.3 Å². The van der Waals surface area contributed by atoms with E-state index in [9.17, 15) is 9.59 Å². The van der Waals surface area contributed by atoms with Crippen LogP contribution < -0.4 is 0 Å². The van der Waals surface area contributed by atoms with Gasteiger partial charge in [-0.2, -0.15) is 0 Å². The molecule has 4 nitrogen and oxygen atoms in total. The zero-order chi connectivity index (χ0) is 12.9. The minimum atomic E-state index is -1.07. The van der Waals surface area contributed by atoms with E-state index in [-0.39, 0.29) is 5.92 Å². The first-order valence-corrected chi connectivity index (χ1v) is 6.34. The highest BCUT2D eigenvalue weighted by Crippen LogP contribution is 2.38. The molecule has 0 aromatic heterocycles. The number of rotatable bonds is 4. The van der Waals surface area contributed by atoms with Crippen LogP contribution in [-0.4, -0.2) is 24.6 Å². The van der Waals surface area contributed by atoms with Gasteiger partial charge in [-0.3, -0.25) is 4.79 Å². The van der Waals surface area contributed by atoms with E-state index in [1.54, 1.807) is 0 Å². The van der Waals surface area contributed by atoms with Gasteiger partial charge in [-0.25, -0.2) is 4.79 Å². The van der Waals surface area contributed by atoms with E-state index < -0.39 is 17.5 Å². The van der Waals surface area contributed by atoms with Crippen molar-refractivity contribution in [3.8, 4) is 0 Å². The Morgan fingerprint density at radius 2 is 1.82 bits per heavy atom. The minimum absolute atomic E-state index is 0.0950. The van der Waals surface area contributed by atoms with Crippen molar-refractivity contribution < 1.29 is 19.1 Å². The lowest BCUT2D eigenvalue weighted by Gasteiger charge is -2.38. The Morgan fingerprint density at radius 1 is 1.24 bits per heavy atom. The van der Waals surface area contributed by atoms with Crippen molar-refractivity contribution in [3.63, 3.8) is 0 Å². The molecular formula is C13H22O4. The molecule has 1 aliphatic rings. The summed E-state index contributed by atoms with van der Waals surface area (Å²) in [6, 6.07) is 0. The predicted molar refractivity (Wildman–Crippen MR) is 63.4 cm³/mol. The van der Waals surface area contributed by atoms with Crippen LogP contribution in [0.5, 0.6) is 0 Å². The van der Waals surface area contributed by atoms with Crippen LogP contribution in [0.15, 0.2) is 0 Å². The Hall–Kier alpha value is -1.06. The first kappa shape index (κ1) is 14.0. The molecule has 0 amide bonds. The van der Waals surface area contributed by atoms with Gasteiger partial charge in [-0.1, -0.05) is 26.2 Å². The lowest BCUT2D eigenvalue weighted by molar-refractivity contribution is -0.189. The third-order valence-corrected chi connectivity index (χ3v) is 3.65. The van der Waals surface area contributed by atoms with Gasteiger partial charge >= 0.3 is 11.9 Å². The molecule has 0 spiro atoms. The molecule has 0 aromatic carbocycles. The normalized spacial score (nSPS) is 20.4. The van der Waals surface area contributed by atoms with Crippen LogP contribution in [0.2, 0.25) is 0 Å². The van der Waals surface area contributed by atoms with E-state index in [1.165, 1.54) is 20.5 Å². The summed E-state index contributed by atoms with van der Waals surface area (Å²) in [4.78, 5) is 23.3. The summed E-state index contributed by atoms with van der Waals surface area (Å²) in [5, 5.41) is 0. The number of carbonyl (C=O) groups excluding carboxylic acids is 2. The van der Waals surface area contributed by atoms with Crippen LogP contribution in [0.3, 0.4) is 0 Å². The highest BCUT2D eigenvalue weighted by atomic mass is 16.6. The fourth-order valence-electron chi connectivity index (χ4n) is 2.79. The van der Waals surface area contributed by atoms with Crippen LogP contribution in [-0.2, 0) is 19.1 Å². The SMILES string of the molecule is CCC(OC(C)=O)(C(=O)OC)C1CCCCC1. The first-order valence-electron chi connectivity index (χ1n) is 6.34. The zero-order valence-corrected chi connectivity index (χ0v) is 11.0. The molecule has 0 heterocycles. The molecule has 1 atom stereocenters. The van der Waals surface area contributed by atoms with Gasteiger partial charge in [0, 0.05) is 12.8 Å². The largest absolute Gasteiger partial charge is 0.466 e. The monoisotopic (exact) mass is 242 g/mol. The molecule has 1 fully saturated rings. The fraction of sp³-hybridized carbons (Fsp3) is 0.846. The van der Waals surface area contributed by atoms with Crippen molar-refractivity contribution in [3.05, 3.63) is 0 Å². The van der Waals surface area contributed by atoms with E-state index in [0.29, 0.717) is 6.42 Å². The summed E-state index contributed by atoms with van der Waals surface area (Å²) < 4.78 is 10.2. The number of hydrogen-bond donors (Lipinski definition) is 0. The van der Waals surface area contributed by atoms with Crippen molar-refractivity contribution in [1.82, 2.24) is 0 Å². The molecule has 1 aliphatic carbocycles. The van der Waals surface area contributed by atoms with Crippen LogP contribution in [0, 0.1) is 5.92 Å². The smallest absolute Gasteiger partial charge is 0.350 e. The molecular weight excluding hydrogens is 220 g/mol. The van der Waals surface area contributed by atoms with Crippen molar-refractivity contribution in [2.45, 2.75) is 58.0 Å². The number of carbonyl (C=O) groups is 2. The van der Waals surface area contributed by atoms with Gasteiger partial charge in [-0.15, -0.1) is 0 Å². The molecule has 1 saturated carbocycles. The highest BCUT2D eigenvalue weighted by Gasteiger charge is 2.48. The lowest BCUT2D eigenvalue weighted by atomic mass is 9.75. The molecule has 1 unspecified atom stereocenters. The van der Waals surface area contributed by atoms with E-state index in [2.05, 4.69) is 0 Å². The predicted octanol–water partition coefficient (Wildman–Crippen LogP) is 2.45. The molecule has 0 saturated heterocycles. The molecule has 0 aliphatic heterocycles. The van der Waals surface area contributed by atoms with Crippen molar-refractivity contribution in [2.24, 2.45) is 5.92 Å². The Balaban J connectivity index is 2.95. The zero-order valence-electron chi connectivity index (χ0n) is 11.0. The van der Waals surface area contributed by atoms with Gasteiger partial charge in [0.05, 0.1) is 7.11 Å². The fourth-order valence-corrected chi connectivity index (χ4v) is 2.79. The maximum atomic E-state index is 12.0. The first-order chi connectivity index (χ1) is 8.06. The van der Waals surface area contributed by atoms with E-state index >= 15 is 0 Å². The van der Waals surface area contributed by atoms with Crippen LogP contribution in [0.1, 0.15) is 52.4 Å². The Morgan fingerprint density at radius 3 is 2.24 bits per heavy atom. The van der Waals surface area contributed by atoms with E-state index in [0.717, 1.165) is 25.7 Å². The van der Waals surface area contributed by atoms with Gasteiger partial charge in [0.25, 0.3) is 0 Å². The van der Waals surface area contributed by atoms with Gasteiger partial charge in [0.15, 0.2) is 0 Å². The quantitative estimate of drug-likeness (QED) is 0.710. The third kappa shape index (κ3) is 2.99. The summed E-state index contributed by atoms with van der Waals surface area (Å²) in [6.07, 6.45) is 5.70. The Bertz CT molecular complexity index is 281. The number of methoxy groups -OCH3 is 1. The average molecular weight is 242 g/mol. The molecule has 0 bridgehead atoms. The lowest BCUT2D eigenvalue weighted by Crippen LogP contribution is -2.50. The van der Waals surface area contributed by atoms with Crippen molar-refractivity contribution in [1.29, 1.82) is 0 Å². The van der Waals surface area contributed by atoms with Crippen molar-refractivity contribution in [2.75, 3.05) is 7.11 Å². The second-order valence-corrected chi connectivity index (χ2v) is 4.66. The van der Waals surface area contributed by atoms with Gasteiger partial charge in [0.1, 0.15) is 0 Å². The topological polar surface area (TPSA) is 52.6 Å². The summed E-state index contributed by atoms with van der Waals surface area (Å²) >= 11 is 0. The molecule has 0 radical (unpaired) electrons. The maximum Gasteiger partial charge on any atom is 0.350 e. The van der Waals surface area contributed by atoms with Crippen LogP contribution >= 0.6 is 0 Å². The Labute approximate surface area is 103 Å². The third-order valence-electron chi connectivity index (χ3n) is 3.65. The molecule has 17 heavy (non-hydrogen) atoms. The Kier molecular flexibility index (Phi) is 4.97. The van der Waals surface area contributed by atoms with Crippen LogP contribution in [0.25, 0.3) is 0 Å². The summed E-state index contributed by atoms with van der Waals surface area (Å²) in [5.74, 6) is -0.734. The summed E-state index contributed by atoms with van der Waals surface area (Å²) in [6.45, 7) is 3.21. The molecule has 0 aromatic rings. The van der Waals surface area contributed by atoms with E-state index in [1.807, 2.05) is 6.92 Å². The number of hydrogen-bond acceptors (Lipinski definition) is 4. The van der Waals surface area contributed by atoms with Crippen molar-refractivity contribution >= 4 is 11.9 Å². The molecule has 98 valence electrons. The molecule has 1 rings (SSSR count). The minimum Gasteiger partial charge on any atom is -0.466 e. The molecule has 0 N–H and O–H groups in total. The van der Waals surface area contributed by atoms with Gasteiger partial charge < -0.3 is 9.47 Å². The number of ether oxygens (including phenoxy) is 2. The standard InChI is InChI=1S/C13H22O4/c1-4-13(12(15)16-3,17-10(2)14)11-8-6-5-7-9-11/h11H,4-9H2,1-3H3.